The molecule has 0 amide bonds. The Kier molecular flexibility index (Phi) is 2.73. The Labute approximate surface area is 93.5 Å². The van der Waals surface area contributed by atoms with Crippen LogP contribution in [0.4, 0.5) is 8.78 Å². The first-order valence-electron chi connectivity index (χ1n) is 5.12. The Morgan fingerprint density at radius 1 is 0.812 bits per heavy atom. The Balaban J connectivity index is 2.73. The molecule has 2 aromatic rings. The molecule has 0 heterocycles. The quantitative estimate of drug-likeness (QED) is 0.671. The molecule has 0 radical (unpaired) electrons. The zero-order valence-corrected chi connectivity index (χ0v) is 9.22. The summed E-state index contributed by atoms with van der Waals surface area (Å²) in [5.74, 6) is -0.736. The Morgan fingerprint density at radius 2 is 1.44 bits per heavy atom. The molecule has 0 aliphatic carbocycles. The molecule has 0 atom stereocenters. The van der Waals surface area contributed by atoms with Gasteiger partial charge in [0, 0.05) is 11.1 Å². The van der Waals surface area contributed by atoms with Crippen molar-refractivity contribution in [2.75, 3.05) is 0 Å². The minimum absolute atomic E-state index is 0.329. The first-order chi connectivity index (χ1) is 7.61. The van der Waals surface area contributed by atoms with E-state index >= 15 is 0 Å². The van der Waals surface area contributed by atoms with E-state index in [0.29, 0.717) is 16.7 Å². The van der Waals surface area contributed by atoms with Crippen LogP contribution in [0.1, 0.15) is 11.1 Å². The summed E-state index contributed by atoms with van der Waals surface area (Å²) in [5.41, 5.74) is 1.95. The van der Waals surface area contributed by atoms with Crippen molar-refractivity contribution in [1.29, 1.82) is 0 Å². The van der Waals surface area contributed by atoms with Crippen LogP contribution in [0.15, 0.2) is 36.4 Å². The maximum Gasteiger partial charge on any atom is 0.134 e. The molecule has 0 spiro atoms. The molecule has 0 fully saturated rings. The van der Waals surface area contributed by atoms with Gasteiger partial charge in [-0.05, 0) is 31.0 Å². The van der Waals surface area contributed by atoms with Crippen LogP contribution in [0.5, 0.6) is 0 Å². The summed E-state index contributed by atoms with van der Waals surface area (Å²) in [6.45, 7) is 3.45. The highest BCUT2D eigenvalue weighted by molar-refractivity contribution is 5.69. The van der Waals surface area contributed by atoms with Crippen molar-refractivity contribution in [3.63, 3.8) is 0 Å². The fourth-order valence-corrected chi connectivity index (χ4v) is 1.81. The smallest absolute Gasteiger partial charge is 0.134 e. The molecule has 0 N–H and O–H groups in total. The van der Waals surface area contributed by atoms with E-state index in [-0.39, 0.29) is 11.6 Å². The van der Waals surface area contributed by atoms with Gasteiger partial charge in [-0.3, -0.25) is 0 Å². The summed E-state index contributed by atoms with van der Waals surface area (Å²) in [6.07, 6.45) is 0. The molecule has 0 aromatic heterocycles. The highest BCUT2D eigenvalue weighted by Gasteiger charge is 2.13. The maximum absolute atomic E-state index is 13.9. The van der Waals surface area contributed by atoms with Gasteiger partial charge in [-0.1, -0.05) is 30.3 Å². The standard InChI is InChI=1S/C14H12F2/c1-9-5-4-8-12(15)13(9)11-7-3-6-10(2)14(11)16/h3-8H,1-2H3. The zero-order chi connectivity index (χ0) is 11.7. The largest absolute Gasteiger partial charge is 0.206 e. The Hall–Kier alpha value is -1.70. The topological polar surface area (TPSA) is 0 Å². The van der Waals surface area contributed by atoms with Crippen LogP contribution >= 0.6 is 0 Å². The lowest BCUT2D eigenvalue weighted by atomic mass is 9.98. The molecular formula is C14H12F2. The second-order valence-electron chi connectivity index (χ2n) is 3.87. The lowest BCUT2D eigenvalue weighted by molar-refractivity contribution is 0.610. The Morgan fingerprint density at radius 3 is 2.12 bits per heavy atom. The van der Waals surface area contributed by atoms with Crippen LogP contribution in [0.2, 0.25) is 0 Å². The van der Waals surface area contributed by atoms with Gasteiger partial charge < -0.3 is 0 Å². The average Bonchev–Trinajstić information content (AvgIpc) is 2.24. The van der Waals surface area contributed by atoms with Crippen LogP contribution in [0.3, 0.4) is 0 Å². The first-order valence-corrected chi connectivity index (χ1v) is 5.12. The monoisotopic (exact) mass is 218 g/mol. The van der Waals surface area contributed by atoms with Crippen molar-refractivity contribution in [2.24, 2.45) is 0 Å². The van der Waals surface area contributed by atoms with Crippen molar-refractivity contribution < 1.29 is 8.78 Å². The predicted molar refractivity (Wildman–Crippen MR) is 61.3 cm³/mol. The van der Waals surface area contributed by atoms with Crippen molar-refractivity contribution in [1.82, 2.24) is 0 Å². The van der Waals surface area contributed by atoms with E-state index in [1.165, 1.54) is 6.07 Å². The lowest BCUT2D eigenvalue weighted by Gasteiger charge is -2.09. The highest BCUT2D eigenvalue weighted by Crippen LogP contribution is 2.29. The van der Waals surface area contributed by atoms with Crippen molar-refractivity contribution >= 4 is 0 Å². The van der Waals surface area contributed by atoms with Crippen LogP contribution < -0.4 is 0 Å². The minimum Gasteiger partial charge on any atom is -0.206 e. The minimum atomic E-state index is -0.385. The molecule has 0 aliphatic heterocycles. The molecular weight excluding hydrogens is 206 g/mol. The summed E-state index contributed by atoms with van der Waals surface area (Å²) in [7, 11) is 0. The Bertz CT molecular complexity index is 510. The summed E-state index contributed by atoms with van der Waals surface area (Å²) >= 11 is 0. The van der Waals surface area contributed by atoms with Crippen molar-refractivity contribution in [3.05, 3.63) is 59.2 Å². The number of hydrogen-bond donors (Lipinski definition) is 0. The predicted octanol–water partition coefficient (Wildman–Crippen LogP) is 4.25. The lowest BCUT2D eigenvalue weighted by Crippen LogP contribution is -1.93. The molecule has 0 unspecified atom stereocenters. The van der Waals surface area contributed by atoms with Gasteiger partial charge in [-0.2, -0.15) is 0 Å². The summed E-state index contributed by atoms with van der Waals surface area (Å²) in [5, 5.41) is 0. The second-order valence-corrected chi connectivity index (χ2v) is 3.87. The third kappa shape index (κ3) is 1.71. The van der Waals surface area contributed by atoms with Gasteiger partial charge in [0.05, 0.1) is 0 Å². The van der Waals surface area contributed by atoms with Gasteiger partial charge in [0.15, 0.2) is 0 Å². The maximum atomic E-state index is 13.9. The molecule has 0 saturated heterocycles. The third-order valence-electron chi connectivity index (χ3n) is 2.68. The fourth-order valence-electron chi connectivity index (χ4n) is 1.81. The van der Waals surface area contributed by atoms with Crippen LogP contribution in [-0.4, -0.2) is 0 Å². The SMILES string of the molecule is Cc1cccc(-c2c(C)cccc2F)c1F. The summed E-state index contributed by atoms with van der Waals surface area (Å²) in [6, 6.07) is 9.77. The van der Waals surface area contributed by atoms with E-state index in [2.05, 4.69) is 0 Å². The highest BCUT2D eigenvalue weighted by atomic mass is 19.1. The molecule has 0 saturated carbocycles. The number of aryl methyl sites for hydroxylation is 2. The molecule has 2 heteroatoms. The average molecular weight is 218 g/mol. The van der Waals surface area contributed by atoms with E-state index in [1.54, 1.807) is 44.2 Å². The van der Waals surface area contributed by atoms with Crippen LogP contribution in [-0.2, 0) is 0 Å². The van der Waals surface area contributed by atoms with Gasteiger partial charge in [-0.15, -0.1) is 0 Å². The van der Waals surface area contributed by atoms with Gasteiger partial charge in [0.25, 0.3) is 0 Å². The zero-order valence-electron chi connectivity index (χ0n) is 9.22. The summed E-state index contributed by atoms with van der Waals surface area (Å²) < 4.78 is 27.6. The van der Waals surface area contributed by atoms with E-state index in [0.717, 1.165) is 5.56 Å². The number of halogens is 2. The van der Waals surface area contributed by atoms with Gasteiger partial charge >= 0.3 is 0 Å². The van der Waals surface area contributed by atoms with Crippen molar-refractivity contribution in [3.8, 4) is 11.1 Å². The first kappa shape index (κ1) is 10.8. The molecule has 0 nitrogen and oxygen atoms in total. The van der Waals surface area contributed by atoms with Crippen LogP contribution in [0, 0.1) is 25.5 Å². The van der Waals surface area contributed by atoms with E-state index in [9.17, 15) is 8.78 Å². The van der Waals surface area contributed by atoms with Gasteiger partial charge in [0.1, 0.15) is 11.6 Å². The van der Waals surface area contributed by atoms with E-state index in [4.69, 9.17) is 0 Å². The van der Waals surface area contributed by atoms with Crippen molar-refractivity contribution in [2.45, 2.75) is 13.8 Å². The second kappa shape index (κ2) is 4.05. The fraction of sp³-hybridized carbons (Fsp3) is 0.143. The third-order valence-corrected chi connectivity index (χ3v) is 2.68. The van der Waals surface area contributed by atoms with E-state index in [1.807, 2.05) is 0 Å². The molecule has 0 aliphatic rings. The molecule has 16 heavy (non-hydrogen) atoms. The molecule has 2 aromatic carbocycles. The molecule has 0 bridgehead atoms. The summed E-state index contributed by atoms with van der Waals surface area (Å²) in [4.78, 5) is 0. The van der Waals surface area contributed by atoms with Gasteiger partial charge in [-0.25, -0.2) is 8.78 Å². The normalized spacial score (nSPS) is 10.5. The number of rotatable bonds is 1. The van der Waals surface area contributed by atoms with E-state index < -0.39 is 0 Å². The number of benzene rings is 2. The molecule has 2 rings (SSSR count). The van der Waals surface area contributed by atoms with Crippen LogP contribution in [0.25, 0.3) is 11.1 Å². The molecule has 82 valence electrons. The number of hydrogen-bond acceptors (Lipinski definition) is 0. The van der Waals surface area contributed by atoms with Gasteiger partial charge in [0.2, 0.25) is 0 Å².